The van der Waals surface area contributed by atoms with Crippen molar-refractivity contribution >= 4 is 46.6 Å². The summed E-state index contributed by atoms with van der Waals surface area (Å²) in [6, 6.07) is 18.7. The van der Waals surface area contributed by atoms with Crippen LogP contribution in [0.3, 0.4) is 0 Å². The molecular weight excluding hydrogens is 912 g/mol. The van der Waals surface area contributed by atoms with Crippen molar-refractivity contribution in [2.45, 2.75) is 111 Å². The first-order valence-corrected chi connectivity index (χ1v) is 23.7. The molecule has 1 aromatic heterocycles. The highest BCUT2D eigenvalue weighted by Crippen LogP contribution is 2.55. The average molecular weight is 974 g/mol. The first-order valence-electron chi connectivity index (χ1n) is 22.4. The lowest BCUT2D eigenvalue weighted by Gasteiger charge is -2.63. The number of ether oxygens (including phenoxy) is 3. The Kier molecular flexibility index (Phi) is 16.3. The number of thiazole rings is 1. The van der Waals surface area contributed by atoms with Crippen LogP contribution in [0.25, 0.3) is 10.4 Å². The van der Waals surface area contributed by atoms with E-state index in [4.69, 9.17) is 25.8 Å². The molecule has 4 aromatic rings. The second-order valence-electron chi connectivity index (χ2n) is 19.7. The van der Waals surface area contributed by atoms with Crippen LogP contribution < -0.4 is 25.4 Å². The Morgan fingerprint density at radius 1 is 0.971 bits per heavy atom. The number of aromatic nitrogens is 1. The minimum absolute atomic E-state index is 0.0391. The minimum Gasteiger partial charge on any atom is -0.491 e. The zero-order valence-corrected chi connectivity index (χ0v) is 41.1. The van der Waals surface area contributed by atoms with Crippen LogP contribution in [0.2, 0.25) is 5.02 Å². The molecule has 68 heavy (non-hydrogen) atoms. The Labute approximate surface area is 406 Å². The van der Waals surface area contributed by atoms with Gasteiger partial charge in [-0.05, 0) is 59.9 Å². The molecule has 2 fully saturated rings. The molecule has 4 amide bonds. The fourth-order valence-electron chi connectivity index (χ4n) is 9.17. The van der Waals surface area contributed by atoms with Crippen LogP contribution in [0.4, 0.5) is 0 Å². The summed E-state index contributed by atoms with van der Waals surface area (Å²) in [5.74, 6) is -1.05. The maximum absolute atomic E-state index is 14.0. The number of benzene rings is 3. The van der Waals surface area contributed by atoms with Crippen molar-refractivity contribution in [3.63, 3.8) is 0 Å². The van der Waals surface area contributed by atoms with Crippen molar-refractivity contribution in [1.29, 1.82) is 5.26 Å². The Hall–Kier alpha value is -5.61. The Balaban J connectivity index is 0.930. The van der Waals surface area contributed by atoms with Crippen LogP contribution in [0.5, 0.6) is 11.5 Å². The first-order chi connectivity index (χ1) is 32.0. The summed E-state index contributed by atoms with van der Waals surface area (Å²) >= 11 is 7.77. The van der Waals surface area contributed by atoms with Gasteiger partial charge in [-0.1, -0.05) is 84.3 Å². The SMILES string of the molecule is Cc1ncsc1-c1ccc(CNC(=O)[C@@H]2C[C@@H](O)CN2C(=O)C(NC(=O)COC[C@@H](O)[C@H](O)COc2ccc(C(=O)NC3C(C)(C)C(Oc4ccc(C#N)c(Cl)c4)C3(C)C)cc2)C(C)(C)C)cc1. The molecule has 0 radical (unpaired) electrons. The van der Waals surface area contributed by atoms with Gasteiger partial charge in [0.05, 0.1) is 39.4 Å². The van der Waals surface area contributed by atoms with E-state index in [1.807, 2.05) is 65.0 Å². The highest BCUT2D eigenvalue weighted by Gasteiger charge is 2.64. The van der Waals surface area contributed by atoms with Gasteiger partial charge in [0.1, 0.15) is 61.2 Å². The van der Waals surface area contributed by atoms with Crippen molar-refractivity contribution in [2.75, 3.05) is 26.4 Å². The topological polar surface area (TPSA) is 233 Å². The number of β-amino-alcohol motifs (C(OH)–C–C–N with tert-alkyl or cyclic N) is 1. The number of carbonyl (C=O) groups excluding carboxylic acids is 4. The van der Waals surface area contributed by atoms with Gasteiger partial charge in [0.2, 0.25) is 17.7 Å². The molecule has 1 aliphatic heterocycles. The standard InChI is InChI=1S/C50H61ClN6O10S/c1-28-41(68-27-54-28)30-11-9-29(10-12-30)22-53-44(63)37-19-33(58)23-57(37)45(64)42(48(2,3)4)55-40(61)26-65-24-38(59)39(60)25-66-34-16-13-31(14-17-34)43(62)56-46-49(5,6)47(50(46,7)8)67-35-18-15-32(21-52)36(51)20-35/h9-18,20,27,33,37-39,42,46-47,58-60H,19,22-26H2,1-8H3,(H,53,63)(H,55,61)(H,56,62)/t33-,37+,38-,39-,42?,46?,47?/m1/s1. The van der Waals surface area contributed by atoms with Crippen molar-refractivity contribution in [3.8, 4) is 28.0 Å². The van der Waals surface area contributed by atoms with Gasteiger partial charge in [0, 0.05) is 48.0 Å². The lowest BCUT2D eigenvalue weighted by Crippen LogP contribution is -2.74. The van der Waals surface area contributed by atoms with E-state index in [0.29, 0.717) is 27.6 Å². The third-order valence-corrected chi connectivity index (χ3v) is 13.9. The fraction of sp³-hybridized carbons (Fsp3) is 0.480. The van der Waals surface area contributed by atoms with Crippen molar-refractivity contribution in [1.82, 2.24) is 25.8 Å². The molecule has 1 unspecified atom stereocenters. The lowest BCUT2D eigenvalue weighted by atomic mass is 9.49. The molecule has 2 heterocycles. The Morgan fingerprint density at radius 3 is 2.22 bits per heavy atom. The second kappa shape index (κ2) is 21.4. The molecule has 5 atom stereocenters. The lowest BCUT2D eigenvalue weighted by molar-refractivity contribution is -0.164. The number of hydrogen-bond acceptors (Lipinski definition) is 13. The molecule has 1 saturated carbocycles. The van der Waals surface area contributed by atoms with Crippen LogP contribution >= 0.6 is 22.9 Å². The number of nitrogens with one attached hydrogen (secondary N) is 3. The van der Waals surface area contributed by atoms with Crippen LogP contribution in [-0.2, 0) is 25.7 Å². The molecule has 1 aliphatic carbocycles. The van der Waals surface area contributed by atoms with Gasteiger partial charge in [-0.25, -0.2) is 4.98 Å². The summed E-state index contributed by atoms with van der Waals surface area (Å²) in [4.78, 5) is 60.6. The number of halogens is 1. The number of nitriles is 1. The summed E-state index contributed by atoms with van der Waals surface area (Å²) < 4.78 is 17.4. The predicted molar refractivity (Wildman–Crippen MR) is 256 cm³/mol. The zero-order valence-electron chi connectivity index (χ0n) is 39.5. The van der Waals surface area contributed by atoms with Gasteiger partial charge in [0.15, 0.2) is 0 Å². The summed E-state index contributed by atoms with van der Waals surface area (Å²) in [6.07, 6.45) is -4.00. The summed E-state index contributed by atoms with van der Waals surface area (Å²) in [7, 11) is 0. The fourth-order valence-corrected chi connectivity index (χ4v) is 10.2. The van der Waals surface area contributed by atoms with E-state index in [2.05, 4.69) is 20.9 Å². The number of aryl methyl sites for hydroxylation is 1. The summed E-state index contributed by atoms with van der Waals surface area (Å²) in [6.45, 7) is 14.1. The van der Waals surface area contributed by atoms with Gasteiger partial charge < -0.3 is 50.4 Å². The Bertz CT molecular complexity index is 2470. The summed E-state index contributed by atoms with van der Waals surface area (Å²) in [5.41, 5.74) is 3.64. The number of aliphatic hydroxyl groups is 3. The highest BCUT2D eigenvalue weighted by atomic mass is 35.5. The Morgan fingerprint density at radius 2 is 1.62 bits per heavy atom. The third-order valence-electron chi connectivity index (χ3n) is 12.6. The van der Waals surface area contributed by atoms with Crippen LogP contribution in [0.15, 0.2) is 72.2 Å². The van der Waals surface area contributed by atoms with Gasteiger partial charge in [-0.15, -0.1) is 11.3 Å². The molecule has 18 heteroatoms. The van der Waals surface area contributed by atoms with E-state index in [1.54, 1.807) is 80.1 Å². The number of rotatable bonds is 18. The first kappa shape index (κ1) is 51.8. The number of aliphatic hydroxyl groups excluding tert-OH is 3. The van der Waals surface area contributed by atoms with E-state index < -0.39 is 77.6 Å². The van der Waals surface area contributed by atoms with Crippen LogP contribution in [0.1, 0.15) is 82.1 Å². The van der Waals surface area contributed by atoms with E-state index in [1.165, 1.54) is 4.90 Å². The zero-order chi connectivity index (χ0) is 49.7. The normalized spacial score (nSPS) is 20.8. The highest BCUT2D eigenvalue weighted by molar-refractivity contribution is 7.13. The van der Waals surface area contributed by atoms with Gasteiger partial charge in [-0.3, -0.25) is 19.2 Å². The van der Waals surface area contributed by atoms with Gasteiger partial charge >= 0.3 is 0 Å². The van der Waals surface area contributed by atoms with Crippen molar-refractivity contribution in [2.24, 2.45) is 16.2 Å². The smallest absolute Gasteiger partial charge is 0.251 e. The maximum atomic E-state index is 14.0. The molecule has 16 nitrogen and oxygen atoms in total. The van der Waals surface area contributed by atoms with E-state index >= 15 is 0 Å². The van der Waals surface area contributed by atoms with Crippen molar-refractivity contribution in [3.05, 3.63) is 99.6 Å². The average Bonchev–Trinajstić information content (AvgIpc) is 3.91. The quantitative estimate of drug-likeness (QED) is 0.0758. The molecule has 1 saturated heterocycles. The van der Waals surface area contributed by atoms with Crippen molar-refractivity contribution < 1.29 is 48.7 Å². The second-order valence-corrected chi connectivity index (χ2v) is 21.0. The number of likely N-dealkylation sites (tertiary alicyclic amines) is 1. The van der Waals surface area contributed by atoms with Gasteiger partial charge in [0.25, 0.3) is 5.91 Å². The van der Waals surface area contributed by atoms with E-state index in [-0.39, 0.29) is 44.2 Å². The molecule has 364 valence electrons. The maximum Gasteiger partial charge on any atom is 0.251 e. The molecule has 6 rings (SSSR count). The van der Waals surface area contributed by atoms with Crippen LogP contribution in [-0.4, -0.2) is 118 Å². The molecule has 2 aliphatic rings. The minimum atomic E-state index is -1.44. The molecule has 6 N–H and O–H groups in total. The predicted octanol–water partition coefficient (Wildman–Crippen LogP) is 5.18. The van der Waals surface area contributed by atoms with E-state index in [0.717, 1.165) is 21.7 Å². The van der Waals surface area contributed by atoms with E-state index in [9.17, 15) is 39.8 Å². The largest absolute Gasteiger partial charge is 0.491 e. The van der Waals surface area contributed by atoms with Gasteiger partial charge in [-0.2, -0.15) is 5.26 Å². The molecule has 0 spiro atoms. The van der Waals surface area contributed by atoms with Crippen LogP contribution in [0, 0.1) is 34.5 Å². The molecule has 0 bridgehead atoms. The molecular formula is C50H61ClN6O10S. The summed E-state index contributed by atoms with van der Waals surface area (Å²) in [5, 5.41) is 50.0. The number of hydrogen-bond donors (Lipinski definition) is 6. The monoisotopic (exact) mass is 972 g/mol. The number of amides is 4. The number of carbonyl (C=O) groups is 4. The third kappa shape index (κ3) is 12.0. The molecule has 3 aromatic carbocycles. The number of nitrogens with zero attached hydrogens (tertiary/aromatic N) is 3.